The topological polar surface area (TPSA) is 3.24 Å². The maximum Gasteiger partial charge on any atom is 0.0138 e. The van der Waals surface area contributed by atoms with E-state index in [0.29, 0.717) is 0 Å². The van der Waals surface area contributed by atoms with Crippen molar-refractivity contribution in [3.05, 3.63) is 0 Å². The first-order valence-corrected chi connectivity index (χ1v) is 4.55. The van der Waals surface area contributed by atoms with Crippen molar-refractivity contribution in [2.24, 2.45) is 0 Å². The monoisotopic (exact) mass is 163 g/mol. The second kappa shape index (κ2) is 7.36. The Morgan fingerprint density at radius 2 is 1.40 bits per heavy atom. The molecule has 0 aliphatic rings. The van der Waals surface area contributed by atoms with Crippen molar-refractivity contribution in [3.8, 4) is 0 Å². The highest BCUT2D eigenvalue weighted by molar-refractivity contribution is 6.13. The molecule has 1 nitrogen and oxygen atoms in total. The number of hydrogen-bond acceptors (Lipinski definition) is 1. The summed E-state index contributed by atoms with van der Waals surface area (Å²) >= 11 is 5.87. The lowest BCUT2D eigenvalue weighted by atomic mass is 10.3. The van der Waals surface area contributed by atoms with Gasteiger partial charge in [0.25, 0.3) is 0 Å². The molecule has 0 rings (SSSR count). The standard InChI is InChI=1S/C8H18ClN/c1-3-5-7-10(9)8-6-4-2/h3-8H2,1-2H3. The molecule has 10 heavy (non-hydrogen) atoms. The van der Waals surface area contributed by atoms with Crippen LogP contribution in [0.4, 0.5) is 0 Å². The van der Waals surface area contributed by atoms with Gasteiger partial charge in [0, 0.05) is 13.1 Å². The number of unbranched alkanes of at least 4 members (excludes halogenated alkanes) is 2. The summed E-state index contributed by atoms with van der Waals surface area (Å²) in [6.45, 7) is 6.45. The molecule has 0 bridgehead atoms. The van der Waals surface area contributed by atoms with E-state index in [1.165, 1.54) is 25.7 Å². The van der Waals surface area contributed by atoms with Gasteiger partial charge in [0.1, 0.15) is 0 Å². The van der Waals surface area contributed by atoms with Crippen LogP contribution in [0.5, 0.6) is 0 Å². The summed E-state index contributed by atoms with van der Waals surface area (Å²) in [6.07, 6.45) is 4.89. The van der Waals surface area contributed by atoms with E-state index in [1.807, 2.05) is 4.42 Å². The Kier molecular flexibility index (Phi) is 7.54. The van der Waals surface area contributed by atoms with E-state index in [2.05, 4.69) is 13.8 Å². The van der Waals surface area contributed by atoms with Crippen molar-refractivity contribution in [2.75, 3.05) is 13.1 Å². The van der Waals surface area contributed by atoms with E-state index in [9.17, 15) is 0 Å². The summed E-state index contributed by atoms with van der Waals surface area (Å²) in [5.41, 5.74) is 0. The summed E-state index contributed by atoms with van der Waals surface area (Å²) in [5.74, 6) is 0. The predicted molar refractivity (Wildman–Crippen MR) is 47.2 cm³/mol. The molecule has 0 aromatic rings. The molecule has 0 spiro atoms. The molecule has 0 radical (unpaired) electrons. The third kappa shape index (κ3) is 6.37. The van der Waals surface area contributed by atoms with Gasteiger partial charge in [-0.1, -0.05) is 26.7 Å². The molecule has 2 heteroatoms. The first-order valence-electron chi connectivity index (χ1n) is 4.22. The first-order chi connectivity index (χ1) is 4.81. The smallest absolute Gasteiger partial charge is 0.0138 e. The normalized spacial score (nSPS) is 10.8. The highest BCUT2D eigenvalue weighted by atomic mass is 35.5. The van der Waals surface area contributed by atoms with Crippen molar-refractivity contribution < 1.29 is 0 Å². The van der Waals surface area contributed by atoms with Crippen LogP contribution in [0, 0.1) is 0 Å². The summed E-state index contributed by atoms with van der Waals surface area (Å²) in [5, 5.41) is 0. The molecule has 0 heterocycles. The maximum absolute atomic E-state index is 5.87. The van der Waals surface area contributed by atoms with Gasteiger partial charge in [-0.25, -0.2) is 4.42 Å². The van der Waals surface area contributed by atoms with Gasteiger partial charge in [-0.2, -0.15) is 0 Å². The lowest BCUT2D eigenvalue weighted by Crippen LogP contribution is -2.14. The van der Waals surface area contributed by atoms with Crippen molar-refractivity contribution in [1.29, 1.82) is 0 Å². The van der Waals surface area contributed by atoms with E-state index in [-0.39, 0.29) is 0 Å². The fourth-order valence-electron chi connectivity index (χ4n) is 0.771. The van der Waals surface area contributed by atoms with Crippen LogP contribution in [0.1, 0.15) is 39.5 Å². The maximum atomic E-state index is 5.87. The summed E-state index contributed by atoms with van der Waals surface area (Å²) in [4.78, 5) is 0. The fourth-order valence-corrected chi connectivity index (χ4v) is 1.01. The minimum atomic E-state index is 1.04. The minimum Gasteiger partial charge on any atom is -0.220 e. The number of hydrogen-bond donors (Lipinski definition) is 0. The van der Waals surface area contributed by atoms with Gasteiger partial charge in [0.2, 0.25) is 0 Å². The van der Waals surface area contributed by atoms with Crippen LogP contribution in [0.25, 0.3) is 0 Å². The van der Waals surface area contributed by atoms with Crippen LogP contribution in [-0.2, 0) is 0 Å². The van der Waals surface area contributed by atoms with Gasteiger partial charge < -0.3 is 0 Å². The molecule has 0 aromatic heterocycles. The van der Waals surface area contributed by atoms with Crippen molar-refractivity contribution in [1.82, 2.24) is 4.42 Å². The van der Waals surface area contributed by atoms with E-state index in [0.717, 1.165) is 13.1 Å². The Hall–Kier alpha value is 0.250. The average molecular weight is 164 g/mol. The summed E-state index contributed by atoms with van der Waals surface area (Å²) in [7, 11) is 0. The van der Waals surface area contributed by atoms with E-state index in [1.54, 1.807) is 0 Å². The molecule has 0 aliphatic heterocycles. The average Bonchev–Trinajstić information content (AvgIpc) is 1.97. The molecular formula is C8H18ClN. The molecule has 0 fully saturated rings. The fraction of sp³-hybridized carbons (Fsp3) is 1.00. The number of nitrogens with zero attached hydrogens (tertiary/aromatic N) is 1. The van der Waals surface area contributed by atoms with Gasteiger partial charge >= 0.3 is 0 Å². The molecule has 0 unspecified atom stereocenters. The molecule has 0 saturated heterocycles. The Labute approximate surface area is 69.5 Å². The van der Waals surface area contributed by atoms with Gasteiger partial charge in [-0.15, -0.1) is 0 Å². The second-order valence-corrected chi connectivity index (χ2v) is 3.10. The van der Waals surface area contributed by atoms with Crippen molar-refractivity contribution in [2.45, 2.75) is 39.5 Å². The van der Waals surface area contributed by atoms with Crippen LogP contribution in [-0.4, -0.2) is 17.5 Å². The highest BCUT2D eigenvalue weighted by Crippen LogP contribution is 2.00. The van der Waals surface area contributed by atoms with Crippen LogP contribution >= 0.6 is 11.8 Å². The highest BCUT2D eigenvalue weighted by Gasteiger charge is 1.96. The van der Waals surface area contributed by atoms with Gasteiger partial charge in [-0.3, -0.25) is 0 Å². The van der Waals surface area contributed by atoms with Crippen LogP contribution in [0.2, 0.25) is 0 Å². The van der Waals surface area contributed by atoms with Gasteiger partial charge in [-0.05, 0) is 24.6 Å². The Balaban J connectivity index is 3.00. The summed E-state index contributed by atoms with van der Waals surface area (Å²) < 4.78 is 1.90. The van der Waals surface area contributed by atoms with Crippen molar-refractivity contribution in [3.63, 3.8) is 0 Å². The molecule has 62 valence electrons. The molecular weight excluding hydrogens is 146 g/mol. The zero-order chi connectivity index (χ0) is 7.82. The minimum absolute atomic E-state index is 1.04. The second-order valence-electron chi connectivity index (χ2n) is 2.62. The molecule has 0 aromatic carbocycles. The van der Waals surface area contributed by atoms with Crippen LogP contribution in [0.15, 0.2) is 0 Å². The van der Waals surface area contributed by atoms with Gasteiger partial charge in [0.15, 0.2) is 0 Å². The molecule has 0 atom stereocenters. The predicted octanol–water partition coefficient (Wildman–Crippen LogP) is 3.04. The zero-order valence-electron chi connectivity index (χ0n) is 7.07. The Morgan fingerprint density at radius 1 is 1.00 bits per heavy atom. The van der Waals surface area contributed by atoms with Crippen molar-refractivity contribution >= 4 is 11.8 Å². The van der Waals surface area contributed by atoms with Crippen LogP contribution in [0.3, 0.4) is 0 Å². The zero-order valence-corrected chi connectivity index (χ0v) is 7.82. The third-order valence-corrected chi connectivity index (χ3v) is 1.85. The quantitative estimate of drug-likeness (QED) is 0.545. The summed E-state index contributed by atoms with van der Waals surface area (Å²) in [6, 6.07) is 0. The lowest BCUT2D eigenvalue weighted by molar-refractivity contribution is 0.430. The third-order valence-electron chi connectivity index (χ3n) is 1.51. The first kappa shape index (κ1) is 10.2. The van der Waals surface area contributed by atoms with Gasteiger partial charge in [0.05, 0.1) is 0 Å². The van der Waals surface area contributed by atoms with Crippen LogP contribution < -0.4 is 0 Å². The Bertz CT molecular complexity index is 58.3. The molecule has 0 amide bonds. The molecule has 0 aliphatic carbocycles. The Morgan fingerprint density at radius 3 is 1.70 bits per heavy atom. The largest absolute Gasteiger partial charge is 0.220 e. The lowest BCUT2D eigenvalue weighted by Gasteiger charge is -2.11. The van der Waals surface area contributed by atoms with E-state index < -0.39 is 0 Å². The molecule has 0 N–H and O–H groups in total. The SMILES string of the molecule is CCCCN(Cl)CCCC. The van der Waals surface area contributed by atoms with E-state index in [4.69, 9.17) is 11.8 Å². The number of halogens is 1. The number of rotatable bonds is 6. The van der Waals surface area contributed by atoms with E-state index >= 15 is 0 Å². The molecule has 0 saturated carbocycles.